The monoisotopic (exact) mass is 360 g/mol. The zero-order valence-corrected chi connectivity index (χ0v) is 13.8. The number of benzene rings is 1. The van der Waals surface area contributed by atoms with Gasteiger partial charge in [-0.25, -0.2) is 4.39 Å². The molecule has 0 bridgehead atoms. The first kappa shape index (κ1) is 18.2. The van der Waals surface area contributed by atoms with Gasteiger partial charge < -0.3 is 11.1 Å². The van der Waals surface area contributed by atoms with Crippen molar-refractivity contribution in [3.05, 3.63) is 46.4 Å². The van der Waals surface area contributed by atoms with E-state index in [0.717, 1.165) is 10.7 Å². The van der Waals surface area contributed by atoms with Gasteiger partial charge in [0.25, 0.3) is 0 Å². The number of aryl methyl sites for hydroxylation is 1. The fourth-order valence-electron chi connectivity index (χ4n) is 2.02. The van der Waals surface area contributed by atoms with Crippen LogP contribution in [0.5, 0.6) is 0 Å². The number of rotatable bonds is 4. The van der Waals surface area contributed by atoms with Crippen LogP contribution in [-0.4, -0.2) is 16.3 Å². The molecule has 0 aliphatic heterocycles. The summed E-state index contributed by atoms with van der Waals surface area (Å²) in [5, 5.41) is 6.31. The lowest BCUT2D eigenvalue weighted by molar-refractivity contribution is -0.141. The molecule has 3 N–H and O–H groups in total. The molecule has 24 heavy (non-hydrogen) atoms. The summed E-state index contributed by atoms with van der Waals surface area (Å²) >= 11 is 4.18. The van der Waals surface area contributed by atoms with E-state index in [1.165, 1.54) is 19.2 Å². The molecule has 2 aromatic rings. The fraction of sp³-hybridized carbons (Fsp3) is 0.267. The van der Waals surface area contributed by atoms with Crippen molar-refractivity contribution in [1.29, 1.82) is 0 Å². The number of nitrogens with two attached hydrogens (primary N) is 1. The molecule has 0 spiro atoms. The second kappa shape index (κ2) is 6.76. The van der Waals surface area contributed by atoms with Gasteiger partial charge in [-0.1, -0.05) is 0 Å². The predicted molar refractivity (Wildman–Crippen MR) is 88.0 cm³/mol. The van der Waals surface area contributed by atoms with Crippen LogP contribution in [0.25, 0.3) is 11.3 Å². The van der Waals surface area contributed by atoms with Gasteiger partial charge in [0.2, 0.25) is 0 Å². The number of aromatic nitrogens is 2. The third-order valence-corrected chi connectivity index (χ3v) is 3.84. The molecule has 0 radical (unpaired) electrons. The summed E-state index contributed by atoms with van der Waals surface area (Å²) < 4.78 is 53.4. The van der Waals surface area contributed by atoms with E-state index in [9.17, 15) is 17.6 Å². The van der Waals surface area contributed by atoms with Crippen molar-refractivity contribution < 1.29 is 17.6 Å². The minimum absolute atomic E-state index is 0.0303. The Kier molecular flexibility index (Phi) is 5.12. The van der Waals surface area contributed by atoms with E-state index in [2.05, 4.69) is 23.0 Å². The summed E-state index contributed by atoms with van der Waals surface area (Å²) in [4.78, 5) is 0.612. The highest BCUT2D eigenvalue weighted by Gasteiger charge is 2.34. The van der Waals surface area contributed by atoms with Crippen LogP contribution >= 0.6 is 12.6 Å². The molecule has 130 valence electrons. The Morgan fingerprint density at radius 1 is 1.33 bits per heavy atom. The number of halogens is 4. The van der Waals surface area contributed by atoms with Crippen molar-refractivity contribution >= 4 is 18.3 Å². The van der Waals surface area contributed by atoms with E-state index in [-0.39, 0.29) is 11.3 Å². The fourth-order valence-corrected chi connectivity index (χ4v) is 2.09. The van der Waals surface area contributed by atoms with Crippen molar-refractivity contribution in [3.8, 4) is 11.3 Å². The summed E-state index contributed by atoms with van der Waals surface area (Å²) in [5.74, 6) is -0.661. The van der Waals surface area contributed by atoms with E-state index < -0.39 is 17.7 Å². The third-order valence-electron chi connectivity index (χ3n) is 3.33. The molecule has 1 aromatic heterocycles. The van der Waals surface area contributed by atoms with Crippen LogP contribution in [0.4, 0.5) is 23.2 Å². The Bertz CT molecular complexity index is 776. The minimum atomic E-state index is -4.58. The van der Waals surface area contributed by atoms with Gasteiger partial charge in [-0.3, -0.25) is 4.68 Å². The molecule has 0 fully saturated rings. The number of anilines is 1. The second-order valence-electron chi connectivity index (χ2n) is 5.21. The van der Waals surface area contributed by atoms with E-state index in [1.54, 1.807) is 13.0 Å². The van der Waals surface area contributed by atoms with Gasteiger partial charge in [-0.2, -0.15) is 18.3 Å². The van der Waals surface area contributed by atoms with Gasteiger partial charge in [0, 0.05) is 35.4 Å². The molecule has 0 atom stereocenters. The van der Waals surface area contributed by atoms with Crippen molar-refractivity contribution in [2.24, 2.45) is 12.8 Å². The molecule has 0 aliphatic rings. The molecule has 0 aliphatic carbocycles. The Hall–Kier alpha value is -2.16. The van der Waals surface area contributed by atoms with Gasteiger partial charge in [0.15, 0.2) is 5.69 Å². The largest absolute Gasteiger partial charge is 0.435 e. The molecule has 0 unspecified atom stereocenters. The maximum Gasteiger partial charge on any atom is 0.435 e. The molecule has 2 rings (SSSR count). The molecule has 1 heterocycles. The second-order valence-corrected chi connectivity index (χ2v) is 5.75. The van der Waals surface area contributed by atoms with Crippen LogP contribution in [0.2, 0.25) is 0 Å². The first-order valence-corrected chi connectivity index (χ1v) is 7.33. The van der Waals surface area contributed by atoms with E-state index in [4.69, 9.17) is 5.73 Å². The number of nitrogens with zero attached hydrogens (tertiary/aromatic N) is 2. The number of hydrogen-bond donors (Lipinski definition) is 3. The minimum Gasteiger partial charge on any atom is -0.402 e. The molecule has 1 aromatic carbocycles. The summed E-state index contributed by atoms with van der Waals surface area (Å²) in [6.45, 7) is 2.00. The summed E-state index contributed by atoms with van der Waals surface area (Å²) in [5.41, 5.74) is 5.58. The molecule has 4 nitrogen and oxygen atoms in total. The number of allylic oxidation sites excluding steroid dienone is 1. The summed E-state index contributed by atoms with van der Waals surface area (Å²) in [7, 11) is 1.33. The van der Waals surface area contributed by atoms with E-state index >= 15 is 0 Å². The Balaban J connectivity index is 2.28. The van der Waals surface area contributed by atoms with Crippen molar-refractivity contribution in [1.82, 2.24) is 9.78 Å². The van der Waals surface area contributed by atoms with Crippen molar-refractivity contribution in [3.63, 3.8) is 0 Å². The van der Waals surface area contributed by atoms with Crippen LogP contribution in [0.1, 0.15) is 12.6 Å². The average molecular weight is 360 g/mol. The maximum absolute atomic E-state index is 14.3. The van der Waals surface area contributed by atoms with Gasteiger partial charge in [-0.05, 0) is 31.2 Å². The van der Waals surface area contributed by atoms with Crippen LogP contribution in [-0.2, 0) is 13.2 Å². The number of thiol groups is 1. The van der Waals surface area contributed by atoms with Gasteiger partial charge >= 0.3 is 6.18 Å². The quantitative estimate of drug-likeness (QED) is 0.575. The molecular weight excluding hydrogens is 344 g/mol. The first-order chi connectivity index (χ1) is 11.1. The lowest BCUT2D eigenvalue weighted by Crippen LogP contribution is -2.07. The maximum atomic E-state index is 14.3. The Morgan fingerprint density at radius 3 is 2.50 bits per heavy atom. The highest BCUT2D eigenvalue weighted by molar-refractivity contribution is 7.84. The van der Waals surface area contributed by atoms with Gasteiger partial charge in [-0.15, -0.1) is 12.6 Å². The zero-order valence-electron chi connectivity index (χ0n) is 12.9. The van der Waals surface area contributed by atoms with Crippen molar-refractivity contribution in [2.45, 2.75) is 13.1 Å². The number of alkyl halides is 3. The predicted octanol–water partition coefficient (Wildman–Crippen LogP) is 3.78. The van der Waals surface area contributed by atoms with Crippen molar-refractivity contribution in [2.75, 3.05) is 11.9 Å². The van der Waals surface area contributed by atoms with Crippen LogP contribution in [0, 0.1) is 5.82 Å². The number of hydrogen-bond acceptors (Lipinski definition) is 4. The van der Waals surface area contributed by atoms with Gasteiger partial charge in [0.05, 0.1) is 5.69 Å². The normalized spacial score (nSPS) is 13.0. The average Bonchev–Trinajstić information content (AvgIpc) is 2.86. The zero-order chi connectivity index (χ0) is 18.1. The topological polar surface area (TPSA) is 55.9 Å². The highest BCUT2D eigenvalue weighted by atomic mass is 32.1. The lowest BCUT2D eigenvalue weighted by Gasteiger charge is -2.10. The molecular formula is C15H16F4N4S. The van der Waals surface area contributed by atoms with Gasteiger partial charge in [0.1, 0.15) is 5.82 Å². The number of nitrogens with one attached hydrogen (secondary N) is 1. The molecule has 0 saturated carbocycles. The van der Waals surface area contributed by atoms with Crippen LogP contribution < -0.4 is 11.1 Å². The van der Waals surface area contributed by atoms with E-state index in [0.29, 0.717) is 22.8 Å². The summed E-state index contributed by atoms with van der Waals surface area (Å²) in [6, 6.07) is 4.97. The highest BCUT2D eigenvalue weighted by Crippen LogP contribution is 2.32. The standard InChI is InChI=1S/C15H16F4N4S/c1-8(20)13(24)7-21-9-3-4-10(11(16)5-9)12-6-14(15(17,18)19)22-23(12)2/h3-6,21,24H,7,20H2,1-2H3/b13-8-. The van der Waals surface area contributed by atoms with Crippen LogP contribution in [0.15, 0.2) is 34.9 Å². The summed E-state index contributed by atoms with van der Waals surface area (Å²) in [6.07, 6.45) is -4.58. The molecule has 9 heteroatoms. The van der Waals surface area contributed by atoms with E-state index in [1.807, 2.05) is 0 Å². The molecule has 0 saturated heterocycles. The third kappa shape index (κ3) is 4.02. The first-order valence-electron chi connectivity index (χ1n) is 6.89. The Labute approximate surface area is 141 Å². The lowest BCUT2D eigenvalue weighted by atomic mass is 10.1. The smallest absolute Gasteiger partial charge is 0.402 e. The van der Waals surface area contributed by atoms with Crippen LogP contribution in [0.3, 0.4) is 0 Å². The molecule has 0 amide bonds. The SMILES string of the molecule is C/C(N)=C(/S)CNc1ccc(-c2cc(C(F)(F)F)nn2C)c(F)c1. The Morgan fingerprint density at radius 2 is 2.00 bits per heavy atom.